The quantitative estimate of drug-likeness (QED) is 0.160. The van der Waals surface area contributed by atoms with Gasteiger partial charge in [-0.25, -0.2) is 10.5 Å². The molecule has 0 saturated carbocycles. The summed E-state index contributed by atoms with van der Waals surface area (Å²) in [5.41, 5.74) is 3.73. The Morgan fingerprint density at radius 3 is 2.46 bits per heavy atom. The SMILES string of the molecule is O=C(CCCCCCNC(=O)c1cc(OCc2cccc3ccccc23)c2ccccc2n1)NO. The van der Waals surface area contributed by atoms with Gasteiger partial charge in [0.1, 0.15) is 18.1 Å². The summed E-state index contributed by atoms with van der Waals surface area (Å²) in [6.45, 7) is 0.899. The van der Waals surface area contributed by atoms with Crippen LogP contribution in [0.3, 0.4) is 0 Å². The van der Waals surface area contributed by atoms with Gasteiger partial charge in [-0.1, -0.05) is 67.4 Å². The standard InChI is InChI=1S/C28H29N3O4/c32-27(31-34)16-3-1-2-8-17-29-28(33)25-18-26(23-14-6-7-15-24(23)30-25)35-19-21-12-9-11-20-10-4-5-13-22(20)21/h4-7,9-15,18,34H,1-3,8,16-17,19H2,(H,29,33)(H,31,32). The summed E-state index contributed by atoms with van der Waals surface area (Å²) in [7, 11) is 0. The number of fused-ring (bicyclic) bond motifs is 2. The molecule has 0 saturated heterocycles. The van der Waals surface area contributed by atoms with Crippen LogP contribution < -0.4 is 15.5 Å². The van der Waals surface area contributed by atoms with Crippen molar-refractivity contribution < 1.29 is 19.5 Å². The van der Waals surface area contributed by atoms with Gasteiger partial charge in [0.15, 0.2) is 0 Å². The van der Waals surface area contributed by atoms with Crippen molar-refractivity contribution in [1.29, 1.82) is 0 Å². The van der Waals surface area contributed by atoms with E-state index in [0.29, 0.717) is 43.0 Å². The molecule has 0 radical (unpaired) electrons. The zero-order chi connectivity index (χ0) is 24.5. The predicted octanol–water partition coefficient (Wildman–Crippen LogP) is 5.15. The highest BCUT2D eigenvalue weighted by atomic mass is 16.5. The lowest BCUT2D eigenvalue weighted by molar-refractivity contribution is -0.129. The topological polar surface area (TPSA) is 101 Å². The Kier molecular flexibility index (Phi) is 8.25. The van der Waals surface area contributed by atoms with Crippen LogP contribution in [0, 0.1) is 0 Å². The molecule has 4 aromatic rings. The highest BCUT2D eigenvalue weighted by Crippen LogP contribution is 2.27. The van der Waals surface area contributed by atoms with Crippen molar-refractivity contribution in [3.8, 4) is 5.75 Å². The number of aromatic nitrogens is 1. The maximum atomic E-state index is 12.8. The molecule has 0 atom stereocenters. The van der Waals surface area contributed by atoms with Crippen molar-refractivity contribution in [1.82, 2.24) is 15.8 Å². The van der Waals surface area contributed by atoms with Crippen molar-refractivity contribution in [2.24, 2.45) is 0 Å². The van der Waals surface area contributed by atoms with E-state index in [9.17, 15) is 9.59 Å². The first-order chi connectivity index (χ1) is 17.2. The maximum Gasteiger partial charge on any atom is 0.270 e. The molecule has 1 heterocycles. The van der Waals surface area contributed by atoms with Crippen LogP contribution in [-0.4, -0.2) is 28.6 Å². The van der Waals surface area contributed by atoms with Crippen molar-refractivity contribution in [3.63, 3.8) is 0 Å². The Hall–Kier alpha value is -3.97. The molecule has 0 aliphatic carbocycles. The fourth-order valence-corrected chi connectivity index (χ4v) is 4.07. The van der Waals surface area contributed by atoms with E-state index in [-0.39, 0.29) is 11.8 Å². The van der Waals surface area contributed by atoms with Gasteiger partial charge in [0.05, 0.1) is 5.52 Å². The molecule has 0 spiro atoms. The molecule has 0 unspecified atom stereocenters. The predicted molar refractivity (Wildman–Crippen MR) is 135 cm³/mol. The van der Waals surface area contributed by atoms with Gasteiger partial charge in [0.25, 0.3) is 5.91 Å². The third-order valence-electron chi connectivity index (χ3n) is 5.91. The summed E-state index contributed by atoms with van der Waals surface area (Å²) in [5, 5.41) is 14.6. The van der Waals surface area contributed by atoms with Crippen LogP contribution in [0.5, 0.6) is 5.75 Å². The fraction of sp³-hybridized carbons (Fsp3) is 0.250. The normalized spacial score (nSPS) is 10.9. The molecule has 3 N–H and O–H groups in total. The first-order valence-corrected chi connectivity index (χ1v) is 11.9. The molecule has 0 bridgehead atoms. The average Bonchev–Trinajstić information content (AvgIpc) is 2.90. The van der Waals surface area contributed by atoms with E-state index >= 15 is 0 Å². The van der Waals surface area contributed by atoms with Gasteiger partial charge in [0.2, 0.25) is 5.91 Å². The van der Waals surface area contributed by atoms with Crippen LogP contribution in [-0.2, 0) is 11.4 Å². The monoisotopic (exact) mass is 471 g/mol. The van der Waals surface area contributed by atoms with E-state index in [2.05, 4.69) is 34.6 Å². The van der Waals surface area contributed by atoms with E-state index in [4.69, 9.17) is 9.94 Å². The van der Waals surface area contributed by atoms with Gasteiger partial charge in [-0.3, -0.25) is 14.8 Å². The number of nitrogens with zero attached hydrogens (tertiary/aromatic N) is 1. The Bertz CT molecular complexity index is 1320. The molecule has 7 nitrogen and oxygen atoms in total. The van der Waals surface area contributed by atoms with Gasteiger partial charge < -0.3 is 10.1 Å². The van der Waals surface area contributed by atoms with Crippen LogP contribution in [0.2, 0.25) is 0 Å². The van der Waals surface area contributed by atoms with Crippen molar-refractivity contribution >= 4 is 33.5 Å². The van der Waals surface area contributed by atoms with E-state index in [1.165, 1.54) is 0 Å². The molecule has 4 rings (SSSR count). The molecule has 35 heavy (non-hydrogen) atoms. The van der Waals surface area contributed by atoms with E-state index < -0.39 is 0 Å². The minimum Gasteiger partial charge on any atom is -0.488 e. The lowest BCUT2D eigenvalue weighted by atomic mass is 10.1. The van der Waals surface area contributed by atoms with Crippen LogP contribution in [0.25, 0.3) is 21.7 Å². The van der Waals surface area contributed by atoms with Crippen molar-refractivity contribution in [3.05, 3.63) is 84.1 Å². The zero-order valence-electron chi connectivity index (χ0n) is 19.5. The number of benzene rings is 3. The third kappa shape index (κ3) is 6.33. The number of pyridine rings is 1. The summed E-state index contributed by atoms with van der Waals surface area (Å²) < 4.78 is 6.23. The Morgan fingerprint density at radius 2 is 1.60 bits per heavy atom. The lowest BCUT2D eigenvalue weighted by Gasteiger charge is -2.13. The lowest BCUT2D eigenvalue weighted by Crippen LogP contribution is -2.25. The smallest absolute Gasteiger partial charge is 0.270 e. The zero-order valence-corrected chi connectivity index (χ0v) is 19.5. The summed E-state index contributed by atoms with van der Waals surface area (Å²) in [6, 6.07) is 23.7. The maximum absolute atomic E-state index is 12.8. The number of hydroxylamine groups is 1. The highest BCUT2D eigenvalue weighted by Gasteiger charge is 2.13. The van der Waals surface area contributed by atoms with Gasteiger partial charge in [-0.05, 0) is 41.3 Å². The molecular formula is C28H29N3O4. The van der Waals surface area contributed by atoms with Crippen LogP contribution in [0.15, 0.2) is 72.8 Å². The number of nitrogens with one attached hydrogen (secondary N) is 2. The summed E-state index contributed by atoms with van der Waals surface area (Å²) in [5.74, 6) is 0.000391. The number of unbranched alkanes of at least 4 members (excludes halogenated alkanes) is 3. The first-order valence-electron chi connectivity index (χ1n) is 11.9. The summed E-state index contributed by atoms with van der Waals surface area (Å²) in [6.07, 6.45) is 3.52. The number of amides is 2. The van der Waals surface area contributed by atoms with Gasteiger partial charge in [0, 0.05) is 24.4 Å². The fourth-order valence-electron chi connectivity index (χ4n) is 4.07. The summed E-state index contributed by atoms with van der Waals surface area (Å²) >= 11 is 0. The average molecular weight is 472 g/mol. The number of carbonyl (C=O) groups is 2. The Morgan fingerprint density at radius 1 is 0.857 bits per heavy atom. The Labute approximate surface area is 204 Å². The Balaban J connectivity index is 1.40. The highest BCUT2D eigenvalue weighted by molar-refractivity contribution is 5.97. The molecule has 2 amide bonds. The summed E-state index contributed by atoms with van der Waals surface area (Å²) in [4.78, 5) is 28.4. The number of carbonyl (C=O) groups excluding carboxylic acids is 2. The molecule has 3 aromatic carbocycles. The van der Waals surface area contributed by atoms with Gasteiger partial charge in [-0.15, -0.1) is 0 Å². The third-order valence-corrected chi connectivity index (χ3v) is 5.91. The van der Waals surface area contributed by atoms with E-state index in [1.807, 2.05) is 42.5 Å². The second-order valence-corrected chi connectivity index (χ2v) is 8.40. The first kappa shape index (κ1) is 24.2. The number of rotatable bonds is 11. The minimum absolute atomic E-state index is 0.245. The molecule has 0 aliphatic heterocycles. The van der Waals surface area contributed by atoms with Gasteiger partial charge >= 0.3 is 0 Å². The van der Waals surface area contributed by atoms with Crippen molar-refractivity contribution in [2.75, 3.05) is 6.54 Å². The largest absolute Gasteiger partial charge is 0.488 e. The minimum atomic E-state index is -0.376. The number of ether oxygens (including phenoxy) is 1. The number of hydrogen-bond donors (Lipinski definition) is 3. The van der Waals surface area contributed by atoms with Crippen LogP contribution >= 0.6 is 0 Å². The molecule has 0 aliphatic rings. The van der Waals surface area contributed by atoms with Crippen molar-refractivity contribution in [2.45, 2.75) is 38.7 Å². The number of hydrogen-bond acceptors (Lipinski definition) is 5. The van der Waals surface area contributed by atoms with Crippen LogP contribution in [0.4, 0.5) is 0 Å². The molecular weight excluding hydrogens is 442 g/mol. The second-order valence-electron chi connectivity index (χ2n) is 8.40. The number of para-hydroxylation sites is 1. The van der Waals surface area contributed by atoms with Crippen LogP contribution in [0.1, 0.15) is 48.2 Å². The van der Waals surface area contributed by atoms with E-state index in [1.54, 1.807) is 11.5 Å². The molecule has 180 valence electrons. The molecule has 7 heteroatoms. The molecule has 1 aromatic heterocycles. The molecule has 0 fully saturated rings. The van der Waals surface area contributed by atoms with E-state index in [0.717, 1.165) is 41.0 Å². The van der Waals surface area contributed by atoms with Gasteiger partial charge in [-0.2, -0.15) is 0 Å². The second kappa shape index (κ2) is 11.9.